The van der Waals surface area contributed by atoms with E-state index in [2.05, 4.69) is 237 Å². The molecule has 0 spiro atoms. The molecule has 0 radical (unpaired) electrons. The molecule has 58 heavy (non-hydrogen) atoms. The van der Waals surface area contributed by atoms with Gasteiger partial charge in [0.05, 0.1) is 0 Å². The summed E-state index contributed by atoms with van der Waals surface area (Å²) in [6, 6.07) is 49.0. The first-order valence-electron chi connectivity index (χ1n) is 20.4. The predicted molar refractivity (Wildman–Crippen MR) is 254 cm³/mol. The molecule has 0 heterocycles. The molecular formula is C56H56N2. The van der Waals surface area contributed by atoms with Gasteiger partial charge in [0.15, 0.2) is 0 Å². The number of hydrogen-bond donors (Lipinski definition) is 0. The zero-order valence-electron chi connectivity index (χ0n) is 35.9. The Bertz CT molecular complexity index is 2460. The van der Waals surface area contributed by atoms with E-state index in [1.54, 1.807) is 0 Å². The number of nitrogens with zero attached hydrogens (tertiary/aromatic N) is 2. The van der Waals surface area contributed by atoms with E-state index in [1.807, 2.05) is 0 Å². The maximum Gasteiger partial charge on any atom is 0.0467 e. The van der Waals surface area contributed by atoms with E-state index in [4.69, 9.17) is 0 Å². The number of anilines is 6. The standard InChI is InChI=1S/C56H56N2/c1-37-15-13-19-51(29-37)57(55-31-39(3)45(9)40(4)32-55)53-27-25-47(43(7)35-53)21-23-49-17-11-12-18-50(49)24-22-48-26-28-54(36-44(48)8)58(52-20-14-16-38(2)30-52)56-33-41(5)46(10)42(6)34-56/h11-36H,1-10H3. The lowest BCUT2D eigenvalue weighted by Crippen LogP contribution is -2.11. The van der Waals surface area contributed by atoms with Crippen molar-refractivity contribution in [3.05, 3.63) is 211 Å². The molecule has 0 aliphatic heterocycles. The molecule has 0 saturated heterocycles. The molecule has 2 heteroatoms. The first-order chi connectivity index (χ1) is 27.9. The fraction of sp³-hybridized carbons (Fsp3) is 0.179. The van der Waals surface area contributed by atoms with Gasteiger partial charge in [-0.1, -0.05) is 85.0 Å². The van der Waals surface area contributed by atoms with E-state index in [9.17, 15) is 0 Å². The molecule has 0 aliphatic carbocycles. The summed E-state index contributed by atoms with van der Waals surface area (Å²) < 4.78 is 0. The fourth-order valence-corrected chi connectivity index (χ4v) is 7.86. The van der Waals surface area contributed by atoms with Gasteiger partial charge in [0.25, 0.3) is 0 Å². The number of rotatable bonds is 10. The van der Waals surface area contributed by atoms with Crippen LogP contribution >= 0.6 is 0 Å². The van der Waals surface area contributed by atoms with Crippen LogP contribution < -0.4 is 9.80 Å². The van der Waals surface area contributed by atoms with Crippen molar-refractivity contribution in [2.45, 2.75) is 69.2 Å². The molecule has 290 valence electrons. The molecule has 0 bridgehead atoms. The van der Waals surface area contributed by atoms with Crippen LogP contribution in [0.25, 0.3) is 24.3 Å². The van der Waals surface area contributed by atoms with Gasteiger partial charge in [-0.3, -0.25) is 0 Å². The molecule has 0 unspecified atom stereocenters. The Balaban J connectivity index is 1.16. The first kappa shape index (κ1) is 39.8. The third kappa shape index (κ3) is 8.62. The van der Waals surface area contributed by atoms with E-state index >= 15 is 0 Å². The summed E-state index contributed by atoms with van der Waals surface area (Å²) in [7, 11) is 0. The van der Waals surface area contributed by atoms with Crippen LogP contribution in [0.5, 0.6) is 0 Å². The molecule has 7 aromatic rings. The first-order valence-corrected chi connectivity index (χ1v) is 20.4. The van der Waals surface area contributed by atoms with Crippen LogP contribution in [0.3, 0.4) is 0 Å². The van der Waals surface area contributed by atoms with Crippen LogP contribution in [0.15, 0.2) is 133 Å². The SMILES string of the molecule is Cc1cccc(N(c2ccc(C=Cc3ccccc3C=Cc3ccc(N(c4cccc(C)c4)c4cc(C)c(C)c(C)c4)cc3C)c(C)c2)c2cc(C)c(C)c(C)c2)c1. The van der Waals surface area contributed by atoms with Gasteiger partial charge >= 0.3 is 0 Å². The Morgan fingerprint density at radius 1 is 0.276 bits per heavy atom. The van der Waals surface area contributed by atoms with Gasteiger partial charge in [-0.15, -0.1) is 0 Å². The molecule has 7 rings (SSSR count). The lowest BCUT2D eigenvalue weighted by Gasteiger charge is -2.27. The lowest BCUT2D eigenvalue weighted by atomic mass is 10.00. The van der Waals surface area contributed by atoms with E-state index in [-0.39, 0.29) is 0 Å². The highest BCUT2D eigenvalue weighted by Crippen LogP contribution is 2.39. The summed E-state index contributed by atoms with van der Waals surface area (Å²) >= 11 is 0. The van der Waals surface area contributed by atoms with Crippen molar-refractivity contribution in [3.8, 4) is 0 Å². The normalized spacial score (nSPS) is 11.5. The van der Waals surface area contributed by atoms with Gasteiger partial charge in [0, 0.05) is 34.1 Å². The maximum atomic E-state index is 2.38. The summed E-state index contributed by atoms with van der Waals surface area (Å²) in [5, 5.41) is 0. The lowest BCUT2D eigenvalue weighted by molar-refractivity contribution is 1.21. The zero-order valence-corrected chi connectivity index (χ0v) is 35.9. The Morgan fingerprint density at radius 2 is 0.603 bits per heavy atom. The third-order valence-corrected chi connectivity index (χ3v) is 11.8. The van der Waals surface area contributed by atoms with Gasteiger partial charge in [-0.2, -0.15) is 0 Å². The predicted octanol–water partition coefficient (Wildman–Crippen LogP) is 16.1. The van der Waals surface area contributed by atoms with E-state index in [0.717, 1.165) is 22.7 Å². The maximum absolute atomic E-state index is 2.38. The van der Waals surface area contributed by atoms with Crippen molar-refractivity contribution in [1.29, 1.82) is 0 Å². The van der Waals surface area contributed by atoms with Crippen molar-refractivity contribution in [3.63, 3.8) is 0 Å². The van der Waals surface area contributed by atoms with Gasteiger partial charge in [0.2, 0.25) is 0 Å². The topological polar surface area (TPSA) is 6.48 Å². The van der Waals surface area contributed by atoms with Crippen LogP contribution in [0.1, 0.15) is 77.9 Å². The molecule has 0 N–H and O–H groups in total. The summed E-state index contributed by atoms with van der Waals surface area (Å²) in [6.07, 6.45) is 8.98. The van der Waals surface area contributed by atoms with Crippen molar-refractivity contribution < 1.29 is 0 Å². The molecule has 0 aromatic heterocycles. The van der Waals surface area contributed by atoms with Gasteiger partial charge in [0.1, 0.15) is 0 Å². The largest absolute Gasteiger partial charge is 0.310 e. The van der Waals surface area contributed by atoms with Crippen LogP contribution in [0.2, 0.25) is 0 Å². The highest BCUT2D eigenvalue weighted by atomic mass is 15.1. The Morgan fingerprint density at radius 3 is 0.948 bits per heavy atom. The summed E-state index contributed by atoms with van der Waals surface area (Å²) in [5.41, 5.74) is 24.6. The van der Waals surface area contributed by atoms with Gasteiger partial charge in [-0.05, 0) is 220 Å². The van der Waals surface area contributed by atoms with E-state index in [0.29, 0.717) is 0 Å². The van der Waals surface area contributed by atoms with Crippen LogP contribution in [-0.4, -0.2) is 0 Å². The molecule has 0 saturated carbocycles. The number of benzene rings is 7. The minimum atomic E-state index is 1.15. The molecular weight excluding hydrogens is 701 g/mol. The molecule has 2 nitrogen and oxygen atoms in total. The minimum absolute atomic E-state index is 1.15. The highest BCUT2D eigenvalue weighted by Gasteiger charge is 2.17. The summed E-state index contributed by atoms with van der Waals surface area (Å²) in [5.74, 6) is 0. The summed E-state index contributed by atoms with van der Waals surface area (Å²) in [6.45, 7) is 22.0. The Hall–Kier alpha value is -6.38. The second kappa shape index (κ2) is 17.0. The molecule has 0 amide bonds. The second-order valence-electron chi connectivity index (χ2n) is 16.1. The minimum Gasteiger partial charge on any atom is -0.310 e. The third-order valence-electron chi connectivity index (χ3n) is 11.8. The summed E-state index contributed by atoms with van der Waals surface area (Å²) in [4.78, 5) is 4.76. The van der Waals surface area contributed by atoms with Crippen molar-refractivity contribution in [1.82, 2.24) is 0 Å². The smallest absolute Gasteiger partial charge is 0.0467 e. The van der Waals surface area contributed by atoms with E-state index in [1.165, 1.54) is 89.3 Å². The van der Waals surface area contributed by atoms with Crippen LogP contribution in [-0.2, 0) is 0 Å². The van der Waals surface area contributed by atoms with Crippen molar-refractivity contribution >= 4 is 58.4 Å². The monoisotopic (exact) mass is 756 g/mol. The van der Waals surface area contributed by atoms with Crippen molar-refractivity contribution in [2.24, 2.45) is 0 Å². The van der Waals surface area contributed by atoms with Crippen molar-refractivity contribution in [2.75, 3.05) is 9.80 Å². The quantitative estimate of drug-likeness (QED) is 0.128. The van der Waals surface area contributed by atoms with Gasteiger partial charge in [-0.25, -0.2) is 0 Å². The van der Waals surface area contributed by atoms with Crippen LogP contribution in [0, 0.1) is 69.2 Å². The number of aryl methyl sites for hydroxylation is 8. The molecule has 0 atom stereocenters. The van der Waals surface area contributed by atoms with Crippen LogP contribution in [0.4, 0.5) is 34.1 Å². The average Bonchev–Trinajstić information content (AvgIpc) is 3.19. The second-order valence-corrected chi connectivity index (χ2v) is 16.1. The zero-order chi connectivity index (χ0) is 41.1. The fourth-order valence-electron chi connectivity index (χ4n) is 7.86. The Kier molecular flexibility index (Phi) is 11.7. The van der Waals surface area contributed by atoms with Gasteiger partial charge < -0.3 is 9.80 Å². The molecule has 0 aliphatic rings. The highest BCUT2D eigenvalue weighted by molar-refractivity contribution is 5.84. The van der Waals surface area contributed by atoms with E-state index < -0.39 is 0 Å². The average molecular weight is 757 g/mol. The molecule has 0 fully saturated rings. The molecule has 7 aromatic carbocycles. The Labute approximate surface area is 347 Å². The number of hydrogen-bond acceptors (Lipinski definition) is 2.